The molecule has 1 fully saturated rings. The molecule has 3 nitrogen and oxygen atoms in total. The van der Waals surface area contributed by atoms with Crippen molar-refractivity contribution < 1.29 is 14.9 Å². The Bertz CT molecular complexity index is 427. The molecule has 0 unspecified atom stereocenters. The normalized spacial score (nSPS) is 32.7. The van der Waals surface area contributed by atoms with Gasteiger partial charge in [-0.25, -0.2) is 0 Å². The second-order valence-electron chi connectivity index (χ2n) is 4.71. The molecule has 0 radical (unpaired) electrons. The first-order valence-corrected chi connectivity index (χ1v) is 5.32. The molecule has 3 heteroatoms. The molecule has 2 atom stereocenters. The number of phenols is 2. The molecule has 2 N–H and O–H groups in total. The highest BCUT2D eigenvalue weighted by molar-refractivity contribution is 5.50. The van der Waals surface area contributed by atoms with Crippen molar-refractivity contribution in [3.63, 3.8) is 0 Å². The number of benzene rings is 1. The summed E-state index contributed by atoms with van der Waals surface area (Å²) in [7, 11) is 0. The molecule has 0 aromatic heterocycles. The molecule has 2 aliphatic rings. The summed E-state index contributed by atoms with van der Waals surface area (Å²) in [5, 5.41) is 19.3. The summed E-state index contributed by atoms with van der Waals surface area (Å²) in [6.45, 7) is 2.02. The lowest BCUT2D eigenvalue weighted by Gasteiger charge is -2.33. The van der Waals surface area contributed by atoms with Gasteiger partial charge in [-0.3, -0.25) is 0 Å². The minimum atomic E-state index is -0.351. The van der Waals surface area contributed by atoms with E-state index in [0.29, 0.717) is 0 Å². The Labute approximate surface area is 88.3 Å². The molecule has 3 rings (SSSR count). The average Bonchev–Trinajstić information content (AvgIpc) is 2.40. The zero-order chi connectivity index (χ0) is 10.6. The molecular weight excluding hydrogens is 192 g/mol. The summed E-state index contributed by atoms with van der Waals surface area (Å²) >= 11 is 0. The van der Waals surface area contributed by atoms with Crippen LogP contribution in [0.25, 0.3) is 0 Å². The highest BCUT2D eigenvalue weighted by Gasteiger charge is 2.44. The van der Waals surface area contributed by atoms with E-state index in [4.69, 9.17) is 4.74 Å². The van der Waals surface area contributed by atoms with Crippen molar-refractivity contribution in [2.45, 2.75) is 37.9 Å². The highest BCUT2D eigenvalue weighted by atomic mass is 16.5. The summed E-state index contributed by atoms with van der Waals surface area (Å²) in [6.07, 6.45) is 3.03. The van der Waals surface area contributed by atoms with Gasteiger partial charge in [-0.2, -0.15) is 0 Å². The van der Waals surface area contributed by atoms with Crippen LogP contribution >= 0.6 is 0 Å². The first-order valence-electron chi connectivity index (χ1n) is 5.32. The van der Waals surface area contributed by atoms with Crippen molar-refractivity contribution in [1.29, 1.82) is 0 Å². The van der Waals surface area contributed by atoms with E-state index in [2.05, 4.69) is 0 Å². The number of aromatic hydroxyl groups is 2. The summed E-state index contributed by atoms with van der Waals surface area (Å²) in [6, 6.07) is 3.14. The standard InChI is InChI=1S/C12H14O3/c1-12-3-2-9(15-12)5-7-4-8(13)6-10(14)11(7)12/h4,6,9,13-14H,2-3,5H2,1H3/t9-,12+/m0/s1. The molecule has 1 aromatic carbocycles. The zero-order valence-electron chi connectivity index (χ0n) is 8.66. The molecule has 2 bridgehead atoms. The van der Waals surface area contributed by atoms with Crippen LogP contribution in [0.2, 0.25) is 0 Å². The molecule has 2 heterocycles. The number of hydrogen-bond acceptors (Lipinski definition) is 3. The van der Waals surface area contributed by atoms with Crippen molar-refractivity contribution in [3.8, 4) is 11.5 Å². The molecule has 15 heavy (non-hydrogen) atoms. The second kappa shape index (κ2) is 2.67. The summed E-state index contributed by atoms with van der Waals surface area (Å²) in [4.78, 5) is 0. The lowest BCUT2D eigenvalue weighted by Crippen LogP contribution is -2.29. The quantitative estimate of drug-likeness (QED) is 0.683. The first-order chi connectivity index (χ1) is 7.08. The predicted octanol–water partition coefficient (Wildman–Crippen LogP) is 2.05. The molecule has 1 saturated heterocycles. The van der Waals surface area contributed by atoms with Gasteiger partial charge in [0.05, 0.1) is 11.7 Å². The molecule has 0 aliphatic carbocycles. The van der Waals surface area contributed by atoms with Crippen LogP contribution in [0, 0.1) is 0 Å². The van der Waals surface area contributed by atoms with Gasteiger partial charge in [-0.15, -0.1) is 0 Å². The van der Waals surface area contributed by atoms with Crippen LogP contribution in [0.1, 0.15) is 30.9 Å². The van der Waals surface area contributed by atoms with E-state index < -0.39 is 0 Å². The fraction of sp³-hybridized carbons (Fsp3) is 0.500. The molecule has 0 saturated carbocycles. The van der Waals surface area contributed by atoms with Gasteiger partial charge in [0.1, 0.15) is 11.5 Å². The molecule has 2 aliphatic heterocycles. The van der Waals surface area contributed by atoms with Crippen LogP contribution < -0.4 is 0 Å². The number of hydrogen-bond donors (Lipinski definition) is 2. The van der Waals surface area contributed by atoms with Crippen LogP contribution in [0.15, 0.2) is 12.1 Å². The lowest BCUT2D eigenvalue weighted by molar-refractivity contribution is -0.0451. The maximum Gasteiger partial charge on any atom is 0.125 e. The molecule has 0 spiro atoms. The third kappa shape index (κ3) is 1.16. The van der Waals surface area contributed by atoms with Gasteiger partial charge >= 0.3 is 0 Å². The zero-order valence-corrected chi connectivity index (χ0v) is 8.66. The van der Waals surface area contributed by atoms with Crippen molar-refractivity contribution in [2.75, 3.05) is 0 Å². The number of fused-ring (bicyclic) bond motifs is 4. The van der Waals surface area contributed by atoms with Crippen molar-refractivity contribution in [3.05, 3.63) is 23.3 Å². The first kappa shape index (κ1) is 9.04. The number of ether oxygens (including phenoxy) is 1. The minimum absolute atomic E-state index is 0.135. The van der Waals surface area contributed by atoms with Gasteiger partial charge in [0.15, 0.2) is 0 Å². The van der Waals surface area contributed by atoms with E-state index >= 15 is 0 Å². The Morgan fingerprint density at radius 1 is 1.40 bits per heavy atom. The van der Waals surface area contributed by atoms with Crippen LogP contribution in [0.3, 0.4) is 0 Å². The minimum Gasteiger partial charge on any atom is -0.508 e. The average molecular weight is 206 g/mol. The Kier molecular flexibility index (Phi) is 1.61. The highest BCUT2D eigenvalue weighted by Crippen LogP contribution is 2.50. The smallest absolute Gasteiger partial charge is 0.125 e. The van der Waals surface area contributed by atoms with Crippen molar-refractivity contribution in [1.82, 2.24) is 0 Å². The predicted molar refractivity (Wildman–Crippen MR) is 54.9 cm³/mol. The van der Waals surface area contributed by atoms with E-state index in [0.717, 1.165) is 30.4 Å². The second-order valence-corrected chi connectivity index (χ2v) is 4.71. The van der Waals surface area contributed by atoms with Gasteiger partial charge < -0.3 is 14.9 Å². The Morgan fingerprint density at radius 2 is 2.20 bits per heavy atom. The van der Waals surface area contributed by atoms with Crippen molar-refractivity contribution >= 4 is 0 Å². The monoisotopic (exact) mass is 206 g/mol. The number of rotatable bonds is 0. The van der Waals surface area contributed by atoms with Gasteiger partial charge in [0.25, 0.3) is 0 Å². The summed E-state index contributed by atoms with van der Waals surface area (Å²) < 4.78 is 5.89. The fourth-order valence-electron chi connectivity index (χ4n) is 2.94. The molecular formula is C12H14O3. The van der Waals surface area contributed by atoms with Crippen LogP contribution in [0.4, 0.5) is 0 Å². The Morgan fingerprint density at radius 3 is 3.00 bits per heavy atom. The maximum atomic E-state index is 9.88. The van der Waals surface area contributed by atoms with E-state index in [1.165, 1.54) is 6.07 Å². The largest absolute Gasteiger partial charge is 0.508 e. The van der Waals surface area contributed by atoms with Crippen LogP contribution in [0.5, 0.6) is 11.5 Å². The SMILES string of the molecule is C[C@@]12CC[C@@H](Cc3cc(O)cc(O)c31)O2. The maximum absolute atomic E-state index is 9.88. The fourth-order valence-corrected chi connectivity index (χ4v) is 2.94. The van der Waals surface area contributed by atoms with Gasteiger partial charge in [0, 0.05) is 11.6 Å². The van der Waals surface area contributed by atoms with E-state index in [1.54, 1.807) is 6.07 Å². The number of phenolic OH excluding ortho intramolecular Hbond substituents is 2. The van der Waals surface area contributed by atoms with Gasteiger partial charge in [-0.1, -0.05) is 0 Å². The third-order valence-electron chi connectivity index (χ3n) is 3.53. The topological polar surface area (TPSA) is 49.7 Å². The summed E-state index contributed by atoms with van der Waals surface area (Å²) in [5.74, 6) is 0.295. The van der Waals surface area contributed by atoms with Crippen LogP contribution in [-0.4, -0.2) is 16.3 Å². The van der Waals surface area contributed by atoms with Gasteiger partial charge in [-0.05, 0) is 37.8 Å². The van der Waals surface area contributed by atoms with Gasteiger partial charge in [0.2, 0.25) is 0 Å². The molecule has 1 aromatic rings. The summed E-state index contributed by atoms with van der Waals surface area (Å²) in [5.41, 5.74) is 1.55. The van der Waals surface area contributed by atoms with E-state index in [1.807, 2.05) is 6.92 Å². The van der Waals surface area contributed by atoms with E-state index in [-0.39, 0.29) is 23.2 Å². The Hall–Kier alpha value is -1.22. The van der Waals surface area contributed by atoms with Crippen molar-refractivity contribution in [2.24, 2.45) is 0 Å². The molecule has 80 valence electrons. The van der Waals surface area contributed by atoms with Crippen LogP contribution in [-0.2, 0) is 16.8 Å². The van der Waals surface area contributed by atoms with E-state index in [9.17, 15) is 10.2 Å². The third-order valence-corrected chi connectivity index (χ3v) is 3.53. The lowest BCUT2D eigenvalue weighted by atomic mass is 9.88. The Balaban J connectivity index is 2.24. The molecule has 0 amide bonds.